The predicted molar refractivity (Wildman–Crippen MR) is 117 cm³/mol. The normalized spacial score (nSPS) is 26.9. The van der Waals surface area contributed by atoms with E-state index in [9.17, 15) is 4.57 Å². The summed E-state index contributed by atoms with van der Waals surface area (Å²) in [5, 5.41) is 4.27. The number of thiophene rings is 1. The zero-order valence-corrected chi connectivity index (χ0v) is 17.2. The fourth-order valence-electron chi connectivity index (χ4n) is 4.87. The fourth-order valence-corrected chi connectivity index (χ4v) is 10.5. The van der Waals surface area contributed by atoms with Gasteiger partial charge in [0.05, 0.1) is 0 Å². The number of hydrogen-bond acceptors (Lipinski definition) is 2. The number of fused-ring (bicyclic) bond motifs is 2. The van der Waals surface area contributed by atoms with E-state index in [-0.39, 0.29) is 5.41 Å². The predicted octanol–water partition coefficient (Wildman–Crippen LogP) is 7.44. The van der Waals surface area contributed by atoms with Crippen LogP contribution in [0.15, 0.2) is 83.7 Å². The molecule has 0 fully saturated rings. The van der Waals surface area contributed by atoms with Gasteiger partial charge in [-0.25, -0.2) is 0 Å². The maximum Gasteiger partial charge on any atom is 0.146 e. The second-order valence-electron chi connectivity index (χ2n) is 7.64. The maximum atomic E-state index is 14.7. The second-order valence-corrected chi connectivity index (χ2v) is 11.3. The van der Waals surface area contributed by atoms with Gasteiger partial charge < -0.3 is 4.57 Å². The monoisotopic (exact) mass is 388 g/mol. The largest absolute Gasteiger partial charge is 0.314 e. The van der Waals surface area contributed by atoms with Crippen LogP contribution in [0.3, 0.4) is 0 Å². The van der Waals surface area contributed by atoms with Gasteiger partial charge in [0.25, 0.3) is 0 Å². The molecule has 0 radical (unpaired) electrons. The van der Waals surface area contributed by atoms with E-state index in [0.717, 1.165) is 21.1 Å². The minimum Gasteiger partial charge on any atom is -0.314 e. The van der Waals surface area contributed by atoms with Crippen molar-refractivity contribution in [3.05, 3.63) is 99.8 Å². The topological polar surface area (TPSA) is 17.1 Å². The van der Waals surface area contributed by atoms with Gasteiger partial charge in [0.15, 0.2) is 0 Å². The molecule has 2 atom stereocenters. The first-order chi connectivity index (χ1) is 13.1. The van der Waals surface area contributed by atoms with Gasteiger partial charge in [-0.2, -0.15) is 0 Å². The Bertz CT molecular complexity index is 1120. The van der Waals surface area contributed by atoms with E-state index in [1.54, 1.807) is 11.3 Å². The highest BCUT2D eigenvalue weighted by atomic mass is 32.1. The summed E-state index contributed by atoms with van der Waals surface area (Å²) < 4.78 is 14.7. The molecular formula is C24H21OPS. The molecule has 2 aromatic carbocycles. The van der Waals surface area contributed by atoms with Gasteiger partial charge in [0.2, 0.25) is 0 Å². The van der Waals surface area contributed by atoms with Gasteiger partial charge in [-0.3, -0.25) is 0 Å². The van der Waals surface area contributed by atoms with E-state index in [4.69, 9.17) is 0 Å². The SMILES string of the molecule is CC1=C(c2ccccc2)P2(=O)CC1(C)C(c1ccccc1)=C2c1cccs1. The molecule has 3 heteroatoms. The van der Waals surface area contributed by atoms with Crippen molar-refractivity contribution in [2.75, 3.05) is 6.16 Å². The van der Waals surface area contributed by atoms with E-state index in [0.29, 0.717) is 6.16 Å². The summed E-state index contributed by atoms with van der Waals surface area (Å²) in [5.41, 5.74) is 4.68. The van der Waals surface area contributed by atoms with Crippen LogP contribution in [-0.4, -0.2) is 6.16 Å². The van der Waals surface area contributed by atoms with Crippen molar-refractivity contribution in [3.63, 3.8) is 0 Å². The zero-order valence-electron chi connectivity index (χ0n) is 15.5. The molecule has 0 saturated heterocycles. The quantitative estimate of drug-likeness (QED) is 0.426. The summed E-state index contributed by atoms with van der Waals surface area (Å²) in [5.74, 6) is 0. The Labute approximate surface area is 164 Å². The van der Waals surface area contributed by atoms with Crippen LogP contribution in [0.25, 0.3) is 16.2 Å². The van der Waals surface area contributed by atoms with Gasteiger partial charge in [0, 0.05) is 27.1 Å². The maximum absolute atomic E-state index is 14.7. The van der Waals surface area contributed by atoms with Crippen molar-refractivity contribution in [3.8, 4) is 0 Å². The van der Waals surface area contributed by atoms with Crippen LogP contribution in [0.4, 0.5) is 0 Å². The van der Waals surface area contributed by atoms with Crippen LogP contribution in [-0.2, 0) is 4.57 Å². The van der Waals surface area contributed by atoms with Crippen LogP contribution in [0, 0.1) is 5.41 Å². The molecule has 5 rings (SSSR count). The summed E-state index contributed by atoms with van der Waals surface area (Å²) in [6.45, 7) is 4.48. The zero-order chi connectivity index (χ0) is 18.6. The molecule has 2 aliphatic heterocycles. The second kappa shape index (κ2) is 5.92. The smallest absolute Gasteiger partial charge is 0.146 e. The first-order valence-corrected chi connectivity index (χ1v) is 12.0. The van der Waals surface area contributed by atoms with Gasteiger partial charge in [-0.15, -0.1) is 11.3 Å². The Kier molecular flexibility index (Phi) is 3.73. The summed E-state index contributed by atoms with van der Waals surface area (Å²) >= 11 is 1.70. The molecule has 0 aliphatic carbocycles. The third-order valence-corrected chi connectivity index (χ3v) is 10.7. The lowest BCUT2D eigenvalue weighted by Crippen LogP contribution is -2.18. The van der Waals surface area contributed by atoms with Crippen molar-refractivity contribution in [1.82, 2.24) is 0 Å². The molecule has 2 bridgehead atoms. The minimum absolute atomic E-state index is 0.179. The lowest BCUT2D eigenvalue weighted by Gasteiger charge is -2.30. The Hall–Kier alpha value is -2.15. The third kappa shape index (κ3) is 2.27. The van der Waals surface area contributed by atoms with Crippen molar-refractivity contribution in [2.45, 2.75) is 13.8 Å². The van der Waals surface area contributed by atoms with Crippen molar-refractivity contribution in [1.29, 1.82) is 0 Å². The average Bonchev–Trinajstić information content (AvgIpc) is 3.33. The molecule has 0 N–H and O–H groups in total. The summed E-state index contributed by atoms with van der Waals surface area (Å²) in [7, 11) is -2.68. The van der Waals surface area contributed by atoms with Crippen LogP contribution in [0.2, 0.25) is 0 Å². The highest BCUT2D eigenvalue weighted by molar-refractivity contribution is 7.85. The molecule has 2 aliphatic rings. The Morgan fingerprint density at radius 2 is 1.48 bits per heavy atom. The molecule has 0 spiro atoms. The summed E-state index contributed by atoms with van der Waals surface area (Å²) in [6, 6.07) is 25.1. The number of hydrogen-bond donors (Lipinski definition) is 0. The van der Waals surface area contributed by atoms with Crippen LogP contribution >= 0.6 is 18.5 Å². The van der Waals surface area contributed by atoms with E-state index in [1.165, 1.54) is 16.7 Å². The Balaban J connectivity index is 1.84. The highest BCUT2D eigenvalue weighted by Crippen LogP contribution is 2.85. The average molecular weight is 388 g/mol. The standard InChI is InChI=1S/C24H21OPS/c1-17-22(19-12-7-4-8-13-19)26(25)16-24(17,2)21(18-10-5-3-6-11-18)23(26)20-14-9-15-27-20/h3-15H,16H2,1-2H3. The molecule has 1 aromatic heterocycles. The molecular weight excluding hydrogens is 367 g/mol. The molecule has 2 unspecified atom stereocenters. The molecule has 3 aromatic rings. The molecule has 27 heavy (non-hydrogen) atoms. The Morgan fingerprint density at radius 1 is 0.852 bits per heavy atom. The van der Waals surface area contributed by atoms with E-state index in [1.807, 2.05) is 24.3 Å². The highest BCUT2D eigenvalue weighted by Gasteiger charge is 2.59. The van der Waals surface area contributed by atoms with Gasteiger partial charge in [-0.05, 0) is 35.1 Å². The first kappa shape index (κ1) is 17.0. The van der Waals surface area contributed by atoms with Crippen molar-refractivity contribution < 1.29 is 4.57 Å². The van der Waals surface area contributed by atoms with Crippen LogP contribution in [0.5, 0.6) is 0 Å². The molecule has 3 heterocycles. The van der Waals surface area contributed by atoms with Crippen LogP contribution in [0.1, 0.15) is 29.9 Å². The number of rotatable bonds is 3. The van der Waals surface area contributed by atoms with Gasteiger partial charge in [0.1, 0.15) is 7.14 Å². The van der Waals surface area contributed by atoms with Gasteiger partial charge in [-0.1, -0.05) is 79.2 Å². The molecule has 134 valence electrons. The van der Waals surface area contributed by atoms with E-state index >= 15 is 0 Å². The van der Waals surface area contributed by atoms with E-state index in [2.05, 4.69) is 67.8 Å². The number of benzene rings is 2. The number of allylic oxidation sites excluding steroid dienone is 2. The van der Waals surface area contributed by atoms with Crippen molar-refractivity contribution >= 4 is 34.7 Å². The summed E-state index contributed by atoms with van der Waals surface area (Å²) in [4.78, 5) is 1.15. The van der Waals surface area contributed by atoms with E-state index < -0.39 is 7.14 Å². The van der Waals surface area contributed by atoms with Gasteiger partial charge >= 0.3 is 0 Å². The molecule has 0 saturated carbocycles. The summed E-state index contributed by atoms with van der Waals surface area (Å²) in [6.07, 6.45) is 0.716. The lowest BCUT2D eigenvalue weighted by molar-refractivity contribution is 0.576. The molecule has 0 amide bonds. The first-order valence-electron chi connectivity index (χ1n) is 9.27. The third-order valence-electron chi connectivity index (χ3n) is 6.10. The van der Waals surface area contributed by atoms with Crippen molar-refractivity contribution in [2.24, 2.45) is 5.41 Å². The Morgan fingerprint density at radius 3 is 2.07 bits per heavy atom. The fraction of sp³-hybridized carbons (Fsp3) is 0.167. The lowest BCUT2D eigenvalue weighted by atomic mass is 9.74. The van der Waals surface area contributed by atoms with Crippen LogP contribution < -0.4 is 0 Å². The minimum atomic E-state index is -2.68. The molecule has 1 nitrogen and oxygen atoms in total.